The van der Waals surface area contributed by atoms with Crippen LogP contribution in [0.1, 0.15) is 21.8 Å². The molecule has 25 heavy (non-hydrogen) atoms. The Bertz CT molecular complexity index is 836. The summed E-state index contributed by atoms with van der Waals surface area (Å²) in [4.78, 5) is 14.9. The molecule has 2 aliphatic heterocycles. The number of hydrogen-bond acceptors (Lipinski definition) is 3. The van der Waals surface area contributed by atoms with Crippen molar-refractivity contribution in [3.8, 4) is 16.9 Å². The highest BCUT2D eigenvalue weighted by atomic mass is 35.5. The topological polar surface area (TPSA) is 41.6 Å². The van der Waals surface area contributed by atoms with Crippen molar-refractivity contribution >= 4 is 17.5 Å². The Morgan fingerprint density at radius 1 is 1.16 bits per heavy atom. The zero-order valence-electron chi connectivity index (χ0n) is 14.4. The van der Waals surface area contributed by atoms with E-state index in [0.29, 0.717) is 22.6 Å². The van der Waals surface area contributed by atoms with Gasteiger partial charge >= 0.3 is 0 Å². The Kier molecular flexibility index (Phi) is 4.18. The summed E-state index contributed by atoms with van der Waals surface area (Å²) in [7, 11) is 3.74. The molecule has 1 saturated heterocycles. The summed E-state index contributed by atoms with van der Waals surface area (Å²) in [5, 5.41) is 3.66. The van der Waals surface area contributed by atoms with E-state index < -0.39 is 0 Å². The third-order valence-electron chi connectivity index (χ3n) is 5.33. The number of hydrogen-bond donors (Lipinski definition) is 1. The molecule has 2 aliphatic rings. The third kappa shape index (κ3) is 2.90. The van der Waals surface area contributed by atoms with E-state index in [1.54, 1.807) is 7.11 Å². The van der Waals surface area contributed by atoms with Crippen LogP contribution in [-0.4, -0.2) is 44.6 Å². The maximum atomic E-state index is 12.6. The maximum Gasteiger partial charge on any atom is 0.251 e. The second-order valence-corrected chi connectivity index (χ2v) is 7.36. The predicted molar refractivity (Wildman–Crippen MR) is 99.5 cm³/mol. The second-order valence-electron chi connectivity index (χ2n) is 6.95. The summed E-state index contributed by atoms with van der Waals surface area (Å²) < 4.78 is 5.22. The quantitative estimate of drug-likeness (QED) is 0.896. The van der Waals surface area contributed by atoms with Crippen LogP contribution in [0.3, 0.4) is 0 Å². The standard InChI is InChI=1S/C20H21ClN2O2/c1-23-10-14-9-22-20(24)16-7-12(3-5-15(16)17(14)11-23)13-4-6-19(25-2)18(21)8-13/h3-8,14,17H,9-11H2,1-2H3,(H,22,24)/t14-,17-/m0/s1. The molecule has 0 aromatic heterocycles. The Labute approximate surface area is 152 Å². The van der Waals surface area contributed by atoms with E-state index in [1.165, 1.54) is 0 Å². The highest BCUT2D eigenvalue weighted by Crippen LogP contribution is 2.38. The summed E-state index contributed by atoms with van der Waals surface area (Å²) >= 11 is 6.26. The number of benzene rings is 2. The third-order valence-corrected chi connectivity index (χ3v) is 5.63. The van der Waals surface area contributed by atoms with Crippen molar-refractivity contribution in [1.82, 2.24) is 10.2 Å². The van der Waals surface area contributed by atoms with Gasteiger partial charge < -0.3 is 15.0 Å². The molecule has 4 nitrogen and oxygen atoms in total. The Morgan fingerprint density at radius 2 is 1.92 bits per heavy atom. The van der Waals surface area contributed by atoms with Crippen molar-refractivity contribution < 1.29 is 9.53 Å². The molecule has 0 spiro atoms. The van der Waals surface area contributed by atoms with Crippen molar-refractivity contribution in [1.29, 1.82) is 0 Å². The average molecular weight is 357 g/mol. The predicted octanol–water partition coefficient (Wildman–Crippen LogP) is 3.40. The number of likely N-dealkylation sites (N-methyl/N-ethyl adjacent to an activating group) is 1. The first kappa shape index (κ1) is 16.4. The van der Waals surface area contributed by atoms with Crippen molar-refractivity contribution in [3.05, 3.63) is 52.5 Å². The summed E-state index contributed by atoms with van der Waals surface area (Å²) in [5.41, 5.74) is 3.91. The molecule has 5 heteroatoms. The Balaban J connectivity index is 1.76. The number of ether oxygens (including phenoxy) is 1. The number of amides is 1. The van der Waals surface area contributed by atoms with E-state index in [-0.39, 0.29) is 5.91 Å². The Morgan fingerprint density at radius 3 is 2.68 bits per heavy atom. The molecule has 0 radical (unpaired) electrons. The second kappa shape index (κ2) is 6.36. The fourth-order valence-electron chi connectivity index (χ4n) is 4.07. The lowest BCUT2D eigenvalue weighted by Gasteiger charge is -2.17. The number of likely N-dealkylation sites (tertiary alicyclic amines) is 1. The number of nitrogens with zero attached hydrogens (tertiary/aromatic N) is 1. The van der Waals surface area contributed by atoms with Crippen molar-refractivity contribution in [2.24, 2.45) is 5.92 Å². The van der Waals surface area contributed by atoms with Gasteiger partial charge in [0.15, 0.2) is 0 Å². The molecule has 1 amide bonds. The molecule has 2 heterocycles. The fraction of sp³-hybridized carbons (Fsp3) is 0.350. The van der Waals surface area contributed by atoms with Crippen LogP contribution in [-0.2, 0) is 0 Å². The van der Waals surface area contributed by atoms with Gasteiger partial charge in [-0.1, -0.05) is 29.8 Å². The van der Waals surface area contributed by atoms with E-state index in [2.05, 4.69) is 29.4 Å². The lowest BCUT2D eigenvalue weighted by Crippen LogP contribution is -2.29. The van der Waals surface area contributed by atoms with Gasteiger partial charge in [-0.3, -0.25) is 4.79 Å². The number of carbonyl (C=O) groups excluding carboxylic acids is 1. The monoisotopic (exact) mass is 356 g/mol. The Hall–Kier alpha value is -2.04. The van der Waals surface area contributed by atoms with Crippen molar-refractivity contribution in [2.45, 2.75) is 5.92 Å². The van der Waals surface area contributed by atoms with Gasteiger partial charge in [0.1, 0.15) is 5.75 Å². The van der Waals surface area contributed by atoms with Crippen LogP contribution in [0.2, 0.25) is 5.02 Å². The molecular weight excluding hydrogens is 336 g/mol. The van der Waals surface area contributed by atoms with E-state index >= 15 is 0 Å². The first-order valence-corrected chi connectivity index (χ1v) is 8.89. The van der Waals surface area contributed by atoms with E-state index in [0.717, 1.165) is 41.9 Å². The molecule has 4 rings (SSSR count). The minimum Gasteiger partial charge on any atom is -0.495 e. The normalized spacial score (nSPS) is 22.8. The van der Waals surface area contributed by atoms with Gasteiger partial charge in [-0.25, -0.2) is 0 Å². The van der Waals surface area contributed by atoms with Gasteiger partial charge in [0.05, 0.1) is 12.1 Å². The lowest BCUT2D eigenvalue weighted by molar-refractivity contribution is 0.0951. The number of fused-ring (bicyclic) bond motifs is 3. The molecule has 0 unspecified atom stereocenters. The van der Waals surface area contributed by atoms with E-state index in [1.807, 2.05) is 24.3 Å². The highest BCUT2D eigenvalue weighted by molar-refractivity contribution is 6.32. The van der Waals surface area contributed by atoms with Gasteiger partial charge in [0, 0.05) is 31.1 Å². The summed E-state index contributed by atoms with van der Waals surface area (Å²) in [6.07, 6.45) is 0. The minimum atomic E-state index is 0.0218. The number of halogens is 1. The first-order valence-electron chi connectivity index (χ1n) is 8.51. The van der Waals surface area contributed by atoms with Gasteiger partial charge in [0.25, 0.3) is 5.91 Å². The number of nitrogens with one attached hydrogen (secondary N) is 1. The molecule has 2 atom stereocenters. The molecule has 0 bridgehead atoms. The molecule has 0 aliphatic carbocycles. The van der Waals surface area contributed by atoms with Crippen LogP contribution in [0.25, 0.3) is 11.1 Å². The molecule has 0 saturated carbocycles. The zero-order valence-corrected chi connectivity index (χ0v) is 15.1. The minimum absolute atomic E-state index is 0.0218. The van der Waals surface area contributed by atoms with Gasteiger partial charge in [-0.15, -0.1) is 0 Å². The summed E-state index contributed by atoms with van der Waals surface area (Å²) in [6, 6.07) is 11.9. The number of carbonyl (C=O) groups is 1. The lowest BCUT2D eigenvalue weighted by atomic mass is 9.86. The SMILES string of the molecule is COc1ccc(-c2ccc3c(c2)C(=O)NC[C@H]2CN(C)C[C@H]32)cc1Cl. The van der Waals surface area contributed by atoms with Gasteiger partial charge in [-0.2, -0.15) is 0 Å². The van der Waals surface area contributed by atoms with E-state index in [4.69, 9.17) is 16.3 Å². The molecular formula is C20H21ClN2O2. The number of rotatable bonds is 2. The van der Waals surface area contributed by atoms with Crippen LogP contribution in [0.15, 0.2) is 36.4 Å². The van der Waals surface area contributed by atoms with Crippen LogP contribution >= 0.6 is 11.6 Å². The molecule has 2 aromatic rings. The molecule has 1 fully saturated rings. The molecule has 2 aromatic carbocycles. The van der Waals surface area contributed by atoms with Crippen LogP contribution in [0, 0.1) is 5.92 Å². The van der Waals surface area contributed by atoms with Gasteiger partial charge in [0.2, 0.25) is 0 Å². The highest BCUT2D eigenvalue weighted by Gasteiger charge is 2.36. The smallest absolute Gasteiger partial charge is 0.251 e. The fourth-order valence-corrected chi connectivity index (χ4v) is 4.32. The first-order chi connectivity index (χ1) is 12.1. The maximum absolute atomic E-state index is 12.6. The van der Waals surface area contributed by atoms with Crippen LogP contribution in [0.4, 0.5) is 0 Å². The molecule has 130 valence electrons. The van der Waals surface area contributed by atoms with Crippen molar-refractivity contribution in [3.63, 3.8) is 0 Å². The summed E-state index contributed by atoms with van der Waals surface area (Å²) in [6.45, 7) is 2.77. The molecule has 1 N–H and O–H groups in total. The van der Waals surface area contributed by atoms with Crippen molar-refractivity contribution in [2.75, 3.05) is 33.8 Å². The van der Waals surface area contributed by atoms with Crippen LogP contribution in [0.5, 0.6) is 5.75 Å². The van der Waals surface area contributed by atoms with E-state index in [9.17, 15) is 4.79 Å². The summed E-state index contributed by atoms with van der Waals surface area (Å²) in [5.74, 6) is 1.56. The average Bonchev–Trinajstić information content (AvgIpc) is 2.94. The van der Waals surface area contributed by atoms with Gasteiger partial charge in [-0.05, 0) is 47.9 Å². The zero-order chi connectivity index (χ0) is 17.6. The largest absolute Gasteiger partial charge is 0.495 e. The number of methoxy groups -OCH3 is 1. The van der Waals surface area contributed by atoms with Crippen LogP contribution < -0.4 is 10.1 Å².